The van der Waals surface area contributed by atoms with Crippen LogP contribution in [-0.4, -0.2) is 53.7 Å². The molecule has 0 radical (unpaired) electrons. The number of ether oxygens (including phenoxy) is 1. The molecule has 1 aromatic carbocycles. The topological polar surface area (TPSA) is 92.9 Å². The smallest absolute Gasteiger partial charge is 0.243 e. The van der Waals surface area contributed by atoms with E-state index in [1.807, 2.05) is 29.2 Å². The number of aliphatic hydroxyl groups is 1. The molecule has 0 aliphatic carbocycles. The Morgan fingerprint density at radius 1 is 1.43 bits per heavy atom. The van der Waals surface area contributed by atoms with E-state index >= 15 is 0 Å². The number of aliphatic hydroxyl groups excluding tert-OH is 1. The summed E-state index contributed by atoms with van der Waals surface area (Å²) in [6, 6.07) is 7.44. The molecule has 0 bridgehead atoms. The third-order valence-corrected chi connectivity index (χ3v) is 4.92. The molecule has 0 saturated carbocycles. The molecule has 1 aliphatic rings. The Hall–Kier alpha value is -1.89. The van der Waals surface area contributed by atoms with Gasteiger partial charge in [0.05, 0.1) is 12.1 Å². The first kappa shape index (κ1) is 22.4. The SMILES string of the molecule is NC(=O)COCCCCN1C(=O)CCC[C@@H]1/C=C/[C@H](O)Cc1cccc(Cl)c1. The molecule has 1 aliphatic heterocycles. The minimum Gasteiger partial charge on any atom is -0.389 e. The number of amides is 2. The third kappa shape index (κ3) is 8.00. The summed E-state index contributed by atoms with van der Waals surface area (Å²) in [5.41, 5.74) is 5.99. The van der Waals surface area contributed by atoms with Crippen molar-refractivity contribution in [1.82, 2.24) is 4.90 Å². The van der Waals surface area contributed by atoms with Gasteiger partial charge in [0.15, 0.2) is 0 Å². The van der Waals surface area contributed by atoms with Gasteiger partial charge in [0.25, 0.3) is 0 Å². The maximum absolute atomic E-state index is 12.3. The molecule has 1 aromatic rings. The minimum atomic E-state index is -0.625. The van der Waals surface area contributed by atoms with E-state index in [-0.39, 0.29) is 18.6 Å². The van der Waals surface area contributed by atoms with Gasteiger partial charge < -0.3 is 20.5 Å². The number of nitrogens with two attached hydrogens (primary N) is 1. The Balaban J connectivity index is 1.82. The summed E-state index contributed by atoms with van der Waals surface area (Å²) in [5.74, 6) is -0.337. The highest BCUT2D eigenvalue weighted by Crippen LogP contribution is 2.20. The molecular weight excluding hydrogens is 380 g/mol. The number of hydrogen-bond donors (Lipinski definition) is 2. The number of halogens is 1. The lowest BCUT2D eigenvalue weighted by Gasteiger charge is -2.34. The van der Waals surface area contributed by atoms with E-state index in [0.717, 1.165) is 31.2 Å². The van der Waals surface area contributed by atoms with Crippen LogP contribution in [0.5, 0.6) is 0 Å². The van der Waals surface area contributed by atoms with E-state index in [0.29, 0.717) is 31.0 Å². The molecule has 154 valence electrons. The zero-order chi connectivity index (χ0) is 20.4. The van der Waals surface area contributed by atoms with Crippen LogP contribution in [0.15, 0.2) is 36.4 Å². The van der Waals surface area contributed by atoms with Gasteiger partial charge in [-0.05, 0) is 43.4 Å². The summed E-state index contributed by atoms with van der Waals surface area (Å²) in [6.45, 7) is 1.01. The van der Waals surface area contributed by atoms with E-state index in [1.165, 1.54) is 0 Å². The molecule has 28 heavy (non-hydrogen) atoms. The van der Waals surface area contributed by atoms with Crippen molar-refractivity contribution in [3.05, 3.63) is 47.0 Å². The van der Waals surface area contributed by atoms with Gasteiger partial charge in [-0.15, -0.1) is 0 Å². The van der Waals surface area contributed by atoms with Crippen molar-refractivity contribution in [3.8, 4) is 0 Å². The zero-order valence-corrected chi connectivity index (χ0v) is 16.8. The quantitative estimate of drug-likeness (QED) is 0.434. The molecule has 2 atom stereocenters. The van der Waals surface area contributed by atoms with Gasteiger partial charge in [-0.1, -0.05) is 35.9 Å². The average molecular weight is 409 g/mol. The van der Waals surface area contributed by atoms with Crippen LogP contribution >= 0.6 is 11.6 Å². The summed E-state index contributed by atoms with van der Waals surface area (Å²) in [5, 5.41) is 11.0. The number of likely N-dealkylation sites (tertiary alicyclic amines) is 1. The van der Waals surface area contributed by atoms with Gasteiger partial charge in [-0.25, -0.2) is 0 Å². The Morgan fingerprint density at radius 2 is 2.25 bits per heavy atom. The summed E-state index contributed by atoms with van der Waals surface area (Å²) < 4.78 is 5.15. The molecule has 7 heteroatoms. The standard InChI is InChI=1S/C21H29ClN2O4/c22-17-6-3-5-16(13-17)14-19(25)10-9-18-7-4-8-21(27)24(18)11-1-2-12-28-15-20(23)26/h3,5-6,9-10,13,18-19,25H,1-2,4,7-8,11-12,14-15H2,(H2,23,26)/b10-9+/t18-,19+/m1/s1. The molecule has 1 heterocycles. The maximum atomic E-state index is 12.3. The summed E-state index contributed by atoms with van der Waals surface area (Å²) in [6.07, 6.45) is 7.43. The molecule has 0 unspecified atom stereocenters. The number of nitrogens with zero attached hydrogens (tertiary/aromatic N) is 1. The van der Waals surface area contributed by atoms with Crippen molar-refractivity contribution in [2.45, 2.75) is 50.7 Å². The lowest BCUT2D eigenvalue weighted by molar-refractivity contribution is -0.135. The summed E-state index contributed by atoms with van der Waals surface area (Å²) >= 11 is 5.98. The Labute approximate surface area is 171 Å². The van der Waals surface area contributed by atoms with Crippen LogP contribution in [0.25, 0.3) is 0 Å². The number of hydrogen-bond acceptors (Lipinski definition) is 4. The molecule has 2 amide bonds. The molecule has 6 nitrogen and oxygen atoms in total. The molecule has 0 spiro atoms. The van der Waals surface area contributed by atoms with Crippen LogP contribution in [0.2, 0.25) is 5.02 Å². The van der Waals surface area contributed by atoms with Crippen LogP contribution in [0.1, 0.15) is 37.7 Å². The van der Waals surface area contributed by atoms with Crippen molar-refractivity contribution in [2.75, 3.05) is 19.8 Å². The predicted octanol–water partition coefficient (Wildman–Crippen LogP) is 2.46. The second kappa shape index (κ2) is 11.8. The van der Waals surface area contributed by atoms with E-state index in [9.17, 15) is 14.7 Å². The molecule has 1 fully saturated rings. The molecule has 1 saturated heterocycles. The van der Waals surface area contributed by atoms with Crippen LogP contribution in [0, 0.1) is 0 Å². The van der Waals surface area contributed by atoms with Crippen molar-refractivity contribution in [2.24, 2.45) is 5.73 Å². The summed E-state index contributed by atoms with van der Waals surface area (Å²) in [7, 11) is 0. The van der Waals surface area contributed by atoms with Crippen LogP contribution < -0.4 is 5.73 Å². The van der Waals surface area contributed by atoms with E-state index in [1.54, 1.807) is 12.1 Å². The first-order valence-corrected chi connectivity index (χ1v) is 10.1. The highest BCUT2D eigenvalue weighted by Gasteiger charge is 2.25. The van der Waals surface area contributed by atoms with Crippen LogP contribution in [-0.2, 0) is 20.7 Å². The molecule has 0 aromatic heterocycles. The van der Waals surface area contributed by atoms with E-state index in [4.69, 9.17) is 22.1 Å². The second-order valence-corrected chi connectivity index (χ2v) is 7.50. The van der Waals surface area contributed by atoms with Crippen molar-refractivity contribution >= 4 is 23.4 Å². The highest BCUT2D eigenvalue weighted by atomic mass is 35.5. The van der Waals surface area contributed by atoms with Gasteiger partial charge in [0.1, 0.15) is 6.61 Å². The number of carbonyl (C=O) groups excluding carboxylic acids is 2. The Kier molecular flexibility index (Phi) is 9.47. The fraction of sp³-hybridized carbons (Fsp3) is 0.524. The number of carbonyl (C=O) groups is 2. The van der Waals surface area contributed by atoms with Gasteiger partial charge >= 0.3 is 0 Å². The van der Waals surface area contributed by atoms with Crippen LogP contribution in [0.4, 0.5) is 0 Å². The minimum absolute atomic E-state index is 0.00167. The Bertz CT molecular complexity index is 680. The molecular formula is C21H29ClN2O4. The fourth-order valence-electron chi connectivity index (χ4n) is 3.33. The van der Waals surface area contributed by atoms with E-state index < -0.39 is 12.0 Å². The largest absolute Gasteiger partial charge is 0.389 e. The normalized spacial score (nSPS) is 18.6. The van der Waals surface area contributed by atoms with Crippen molar-refractivity contribution in [3.63, 3.8) is 0 Å². The highest BCUT2D eigenvalue weighted by molar-refractivity contribution is 6.30. The lowest BCUT2D eigenvalue weighted by Crippen LogP contribution is -2.43. The van der Waals surface area contributed by atoms with Gasteiger partial charge in [-0.2, -0.15) is 0 Å². The van der Waals surface area contributed by atoms with Gasteiger partial charge in [0, 0.05) is 31.0 Å². The first-order valence-electron chi connectivity index (χ1n) is 9.72. The molecule has 2 rings (SSSR count). The molecule has 3 N–H and O–H groups in total. The number of primary amides is 1. The van der Waals surface area contributed by atoms with Crippen LogP contribution in [0.3, 0.4) is 0 Å². The fourth-order valence-corrected chi connectivity index (χ4v) is 3.54. The maximum Gasteiger partial charge on any atom is 0.243 e. The van der Waals surface area contributed by atoms with Gasteiger partial charge in [0.2, 0.25) is 11.8 Å². The zero-order valence-electron chi connectivity index (χ0n) is 16.1. The Morgan fingerprint density at radius 3 is 3.00 bits per heavy atom. The van der Waals surface area contributed by atoms with Crippen molar-refractivity contribution < 1.29 is 19.4 Å². The monoisotopic (exact) mass is 408 g/mol. The van der Waals surface area contributed by atoms with Gasteiger partial charge in [-0.3, -0.25) is 9.59 Å². The average Bonchev–Trinajstić information content (AvgIpc) is 2.64. The predicted molar refractivity (Wildman–Crippen MR) is 109 cm³/mol. The summed E-state index contributed by atoms with van der Waals surface area (Å²) in [4.78, 5) is 24.8. The second-order valence-electron chi connectivity index (χ2n) is 7.06. The number of benzene rings is 1. The lowest BCUT2D eigenvalue weighted by atomic mass is 9.99. The van der Waals surface area contributed by atoms with E-state index in [2.05, 4.69) is 0 Å². The number of piperidine rings is 1. The number of unbranched alkanes of at least 4 members (excludes halogenated alkanes) is 1. The number of rotatable bonds is 11. The first-order chi connectivity index (χ1) is 13.5. The van der Waals surface area contributed by atoms with Crippen molar-refractivity contribution in [1.29, 1.82) is 0 Å². The third-order valence-electron chi connectivity index (χ3n) is 4.68.